The molecule has 0 fully saturated rings. The summed E-state index contributed by atoms with van der Waals surface area (Å²) in [6.07, 6.45) is -4.69. The Morgan fingerprint density at radius 1 is 0.588 bits per heavy atom. The van der Waals surface area contributed by atoms with E-state index in [1.165, 1.54) is 6.07 Å². The van der Waals surface area contributed by atoms with Crippen molar-refractivity contribution < 1.29 is 17.6 Å². The molecular weight excluding hydrogens is 438 g/mol. The van der Waals surface area contributed by atoms with Crippen LogP contribution >= 0.6 is 0 Å². The highest BCUT2D eigenvalue weighted by Gasteiger charge is 2.34. The number of hydrogen-bond donors (Lipinski definition) is 0. The summed E-state index contributed by atoms with van der Waals surface area (Å²) >= 11 is 0. The first-order valence-electron chi connectivity index (χ1n) is 10.8. The van der Waals surface area contributed by atoms with E-state index in [0.29, 0.717) is 17.0 Å². The van der Waals surface area contributed by atoms with Gasteiger partial charge in [-0.2, -0.15) is 13.2 Å². The second-order valence-electron chi connectivity index (χ2n) is 8.24. The van der Waals surface area contributed by atoms with Crippen molar-refractivity contribution in [2.45, 2.75) is 6.18 Å². The van der Waals surface area contributed by atoms with E-state index in [0.717, 1.165) is 38.9 Å². The van der Waals surface area contributed by atoms with Gasteiger partial charge >= 0.3 is 6.18 Å². The van der Waals surface area contributed by atoms with Crippen molar-refractivity contribution in [2.75, 3.05) is 0 Å². The van der Waals surface area contributed by atoms with Crippen LogP contribution in [0.5, 0.6) is 0 Å². The summed E-state index contributed by atoms with van der Waals surface area (Å²) in [5.41, 5.74) is 2.05. The van der Waals surface area contributed by atoms with Crippen LogP contribution in [0.4, 0.5) is 17.6 Å². The molecule has 0 spiro atoms. The first-order valence-corrected chi connectivity index (χ1v) is 10.8. The van der Waals surface area contributed by atoms with Crippen molar-refractivity contribution >= 4 is 32.6 Å². The smallest absolute Gasteiger partial charge is 0.309 e. The average Bonchev–Trinajstić information content (AvgIpc) is 3.17. The first kappa shape index (κ1) is 20.5. The van der Waals surface area contributed by atoms with Crippen LogP contribution in [0.2, 0.25) is 0 Å². The lowest BCUT2D eigenvalue weighted by Crippen LogP contribution is -2.08. The molecule has 1 nitrogen and oxygen atoms in total. The van der Waals surface area contributed by atoms with Crippen LogP contribution in [0.3, 0.4) is 0 Å². The maximum absolute atomic E-state index is 13.9. The molecule has 1 heterocycles. The number of alkyl halides is 3. The molecule has 166 valence electrons. The molecule has 0 saturated carbocycles. The van der Waals surface area contributed by atoms with Gasteiger partial charge in [-0.05, 0) is 46.8 Å². The Hall–Kier alpha value is -4.12. The maximum Gasteiger partial charge on any atom is 0.417 e. The normalized spacial score (nSPS) is 12.1. The molecule has 0 unspecified atom stereocenters. The molecule has 0 amide bonds. The van der Waals surface area contributed by atoms with Crippen LogP contribution in [0.15, 0.2) is 103 Å². The van der Waals surface area contributed by atoms with Gasteiger partial charge in [0.15, 0.2) is 0 Å². The molecule has 34 heavy (non-hydrogen) atoms. The molecule has 0 atom stereocenters. The Morgan fingerprint density at radius 2 is 1.21 bits per heavy atom. The van der Waals surface area contributed by atoms with Crippen molar-refractivity contribution in [2.24, 2.45) is 0 Å². The highest BCUT2D eigenvalue weighted by Crippen LogP contribution is 2.42. The van der Waals surface area contributed by atoms with Crippen LogP contribution in [0.1, 0.15) is 5.56 Å². The Morgan fingerprint density at radius 3 is 1.85 bits per heavy atom. The van der Waals surface area contributed by atoms with E-state index in [9.17, 15) is 17.6 Å². The third kappa shape index (κ3) is 3.08. The van der Waals surface area contributed by atoms with Crippen molar-refractivity contribution in [3.05, 3.63) is 115 Å². The number of hydrogen-bond acceptors (Lipinski definition) is 0. The van der Waals surface area contributed by atoms with Crippen LogP contribution in [-0.2, 0) is 6.18 Å². The lowest BCUT2D eigenvalue weighted by molar-refractivity contribution is -0.137. The van der Waals surface area contributed by atoms with Gasteiger partial charge in [0.05, 0.1) is 22.3 Å². The fraction of sp³-hybridized carbons (Fsp3) is 0.0345. The van der Waals surface area contributed by atoms with E-state index in [-0.39, 0.29) is 5.56 Å². The monoisotopic (exact) mass is 455 g/mol. The number of halogens is 4. The predicted molar refractivity (Wildman–Crippen MR) is 129 cm³/mol. The van der Waals surface area contributed by atoms with Gasteiger partial charge in [0.1, 0.15) is 5.82 Å². The first-order chi connectivity index (χ1) is 16.4. The Bertz CT molecular complexity index is 1650. The SMILES string of the molecule is Fc1ccc(-c2cccc3cccc(-n4c5ccccc5c5ccccc54)c23)c(C(F)(F)F)c1. The molecule has 5 heteroatoms. The summed E-state index contributed by atoms with van der Waals surface area (Å²) in [5, 5.41) is 3.60. The van der Waals surface area contributed by atoms with E-state index in [4.69, 9.17) is 0 Å². The third-order valence-electron chi connectivity index (χ3n) is 6.28. The Kier molecular flexibility index (Phi) is 4.49. The van der Waals surface area contributed by atoms with Crippen molar-refractivity contribution in [1.82, 2.24) is 4.57 Å². The van der Waals surface area contributed by atoms with Crippen LogP contribution < -0.4 is 0 Å². The standard InChI is InChI=1S/C29H17F4N/c30-19-15-16-20(24(17-19)29(31,32)33)23-11-5-7-18-8-6-14-27(28(18)23)34-25-12-3-1-9-21(25)22-10-2-4-13-26(22)34/h1-17H. The zero-order valence-electron chi connectivity index (χ0n) is 17.8. The number of nitrogens with zero attached hydrogens (tertiary/aromatic N) is 1. The topological polar surface area (TPSA) is 4.93 Å². The van der Waals surface area contributed by atoms with Gasteiger partial charge in [-0.3, -0.25) is 0 Å². The zero-order valence-corrected chi connectivity index (χ0v) is 17.8. The lowest BCUT2D eigenvalue weighted by atomic mass is 9.93. The number of para-hydroxylation sites is 2. The number of benzene rings is 5. The van der Waals surface area contributed by atoms with Gasteiger partial charge in [-0.15, -0.1) is 0 Å². The highest BCUT2D eigenvalue weighted by molar-refractivity contribution is 6.12. The number of fused-ring (bicyclic) bond motifs is 4. The summed E-state index contributed by atoms with van der Waals surface area (Å²) < 4.78 is 57.7. The fourth-order valence-corrected chi connectivity index (χ4v) is 4.90. The quantitative estimate of drug-likeness (QED) is 0.230. The molecule has 6 rings (SSSR count). The van der Waals surface area contributed by atoms with Crippen LogP contribution in [-0.4, -0.2) is 4.57 Å². The minimum atomic E-state index is -4.69. The van der Waals surface area contributed by atoms with Crippen LogP contribution in [0.25, 0.3) is 49.4 Å². The molecule has 0 aliphatic carbocycles. The summed E-state index contributed by atoms with van der Waals surface area (Å²) in [7, 11) is 0. The van der Waals surface area contributed by atoms with Crippen LogP contribution in [0, 0.1) is 5.82 Å². The molecule has 0 saturated heterocycles. The summed E-state index contributed by atoms with van der Waals surface area (Å²) in [6.45, 7) is 0. The van der Waals surface area contributed by atoms with Gasteiger partial charge in [-0.1, -0.05) is 72.8 Å². The van der Waals surface area contributed by atoms with E-state index >= 15 is 0 Å². The molecule has 0 radical (unpaired) electrons. The fourth-order valence-electron chi connectivity index (χ4n) is 4.90. The highest BCUT2D eigenvalue weighted by atomic mass is 19.4. The molecule has 0 N–H and O–H groups in total. The van der Waals surface area contributed by atoms with E-state index in [2.05, 4.69) is 4.57 Å². The van der Waals surface area contributed by atoms with Crippen molar-refractivity contribution in [1.29, 1.82) is 0 Å². The molecule has 5 aromatic carbocycles. The minimum Gasteiger partial charge on any atom is -0.309 e. The number of aromatic nitrogens is 1. The van der Waals surface area contributed by atoms with Gasteiger partial charge in [-0.25, -0.2) is 4.39 Å². The van der Waals surface area contributed by atoms with Gasteiger partial charge in [0, 0.05) is 16.2 Å². The van der Waals surface area contributed by atoms with E-state index in [1.807, 2.05) is 72.8 Å². The van der Waals surface area contributed by atoms with Gasteiger partial charge in [0.2, 0.25) is 0 Å². The van der Waals surface area contributed by atoms with Gasteiger partial charge < -0.3 is 4.57 Å². The summed E-state index contributed by atoms with van der Waals surface area (Å²) in [4.78, 5) is 0. The molecule has 0 bridgehead atoms. The number of rotatable bonds is 2. The molecular formula is C29H17F4N. The predicted octanol–water partition coefficient (Wildman–Crippen LogP) is 8.76. The Labute approximate surface area is 192 Å². The molecule has 0 aliphatic rings. The van der Waals surface area contributed by atoms with E-state index < -0.39 is 17.6 Å². The second-order valence-corrected chi connectivity index (χ2v) is 8.24. The van der Waals surface area contributed by atoms with Gasteiger partial charge in [0.25, 0.3) is 0 Å². The summed E-state index contributed by atoms with van der Waals surface area (Å²) in [5.74, 6) is -0.918. The second kappa shape index (κ2) is 7.45. The minimum absolute atomic E-state index is 0.0484. The summed E-state index contributed by atoms with van der Waals surface area (Å²) in [6, 6.07) is 29.8. The Balaban J connectivity index is 1.77. The van der Waals surface area contributed by atoms with E-state index in [1.54, 1.807) is 12.1 Å². The van der Waals surface area contributed by atoms with Crippen molar-refractivity contribution in [3.63, 3.8) is 0 Å². The molecule has 0 aliphatic heterocycles. The largest absolute Gasteiger partial charge is 0.417 e. The zero-order chi connectivity index (χ0) is 23.4. The van der Waals surface area contributed by atoms with Crippen molar-refractivity contribution in [3.8, 4) is 16.8 Å². The molecule has 6 aromatic rings. The third-order valence-corrected chi connectivity index (χ3v) is 6.28. The maximum atomic E-state index is 13.9. The molecule has 1 aromatic heterocycles. The lowest BCUT2D eigenvalue weighted by Gasteiger charge is -2.18. The average molecular weight is 455 g/mol.